The number of benzene rings is 1. The highest BCUT2D eigenvalue weighted by atomic mass is 16.4. The van der Waals surface area contributed by atoms with Gasteiger partial charge < -0.3 is 9.52 Å². The fourth-order valence-corrected chi connectivity index (χ4v) is 1.88. The van der Waals surface area contributed by atoms with E-state index >= 15 is 0 Å². The lowest BCUT2D eigenvalue weighted by molar-refractivity contribution is 0.447. The highest BCUT2D eigenvalue weighted by Crippen LogP contribution is 2.20. The topological polar surface area (TPSA) is 129 Å². The van der Waals surface area contributed by atoms with Gasteiger partial charge in [-0.25, -0.2) is 9.59 Å². The van der Waals surface area contributed by atoms with Crippen molar-refractivity contribution in [2.75, 3.05) is 0 Å². The van der Waals surface area contributed by atoms with E-state index in [1.807, 2.05) is 4.98 Å². The predicted octanol–water partition coefficient (Wildman–Crippen LogP) is 0.626. The van der Waals surface area contributed by atoms with Gasteiger partial charge in [0.05, 0.1) is 5.69 Å². The quantitative estimate of drug-likeness (QED) is 0.472. The molecule has 8 heteroatoms. The van der Waals surface area contributed by atoms with Crippen LogP contribution in [0.25, 0.3) is 11.0 Å². The summed E-state index contributed by atoms with van der Waals surface area (Å²) in [7, 11) is 0. The minimum absolute atomic E-state index is 0.167. The van der Waals surface area contributed by atoms with E-state index in [1.54, 1.807) is 24.3 Å². The van der Waals surface area contributed by atoms with Gasteiger partial charge in [-0.3, -0.25) is 19.8 Å². The van der Waals surface area contributed by atoms with Crippen LogP contribution in [0.3, 0.4) is 0 Å². The fraction of sp³-hybridized carbons (Fsp3) is 0. The molecule has 0 aliphatic carbocycles. The summed E-state index contributed by atoms with van der Waals surface area (Å²) in [6.45, 7) is 0. The molecule has 0 bridgehead atoms. The molecule has 0 radical (unpaired) electrons. The van der Waals surface area contributed by atoms with Crippen LogP contribution in [0.5, 0.6) is 5.88 Å². The maximum Gasteiger partial charge on any atom is 0.336 e. The number of aromatic hydroxyl groups is 1. The Kier molecular flexibility index (Phi) is 3.18. The van der Waals surface area contributed by atoms with Gasteiger partial charge in [0.25, 0.3) is 5.56 Å². The van der Waals surface area contributed by atoms with E-state index < -0.39 is 22.8 Å². The van der Waals surface area contributed by atoms with E-state index in [0.717, 1.165) is 6.21 Å². The number of aromatic nitrogens is 2. The van der Waals surface area contributed by atoms with E-state index in [2.05, 4.69) is 9.98 Å². The fourth-order valence-electron chi connectivity index (χ4n) is 1.88. The summed E-state index contributed by atoms with van der Waals surface area (Å²) in [6, 6.07) is 7.67. The highest BCUT2D eigenvalue weighted by molar-refractivity contribution is 5.86. The molecule has 110 valence electrons. The molecule has 3 aromatic rings. The van der Waals surface area contributed by atoms with Crippen molar-refractivity contribution < 1.29 is 9.52 Å². The largest absolute Gasteiger partial charge is 0.494 e. The van der Waals surface area contributed by atoms with Crippen LogP contribution in [0.2, 0.25) is 0 Å². The summed E-state index contributed by atoms with van der Waals surface area (Å²) >= 11 is 0. The van der Waals surface area contributed by atoms with Crippen LogP contribution in [-0.2, 0) is 0 Å². The van der Waals surface area contributed by atoms with Gasteiger partial charge >= 0.3 is 11.3 Å². The molecule has 0 spiro atoms. The zero-order valence-electron chi connectivity index (χ0n) is 11.0. The van der Waals surface area contributed by atoms with Crippen molar-refractivity contribution in [3.63, 3.8) is 0 Å². The van der Waals surface area contributed by atoms with E-state index in [9.17, 15) is 19.5 Å². The summed E-state index contributed by atoms with van der Waals surface area (Å²) in [6.07, 6.45) is 1.13. The zero-order chi connectivity index (χ0) is 15.7. The Hall–Kier alpha value is -3.42. The maximum atomic E-state index is 11.6. The van der Waals surface area contributed by atoms with Gasteiger partial charge in [-0.15, -0.1) is 0 Å². The summed E-state index contributed by atoms with van der Waals surface area (Å²) in [4.78, 5) is 41.7. The molecule has 0 saturated heterocycles. The molecule has 3 N–H and O–H groups in total. The van der Waals surface area contributed by atoms with E-state index in [0.29, 0.717) is 16.7 Å². The van der Waals surface area contributed by atoms with Crippen molar-refractivity contribution >= 4 is 22.9 Å². The summed E-state index contributed by atoms with van der Waals surface area (Å²) in [5.74, 6) is -0.565. The summed E-state index contributed by atoms with van der Waals surface area (Å²) < 4.78 is 4.99. The first-order valence-corrected chi connectivity index (χ1v) is 6.16. The molecule has 0 fully saturated rings. The van der Waals surface area contributed by atoms with Crippen LogP contribution in [0.15, 0.2) is 54.1 Å². The molecule has 1 aromatic carbocycles. The van der Waals surface area contributed by atoms with Crippen molar-refractivity contribution in [3.05, 3.63) is 67.2 Å². The van der Waals surface area contributed by atoms with E-state index in [1.165, 1.54) is 6.07 Å². The minimum Gasteiger partial charge on any atom is -0.494 e. The molecule has 0 atom stereocenters. The zero-order valence-corrected chi connectivity index (χ0v) is 11.0. The minimum atomic E-state index is -0.805. The standard InChI is InChI=1S/C14H9N3O5/c18-11-4-1-7-5-8(2-3-10(7)22-11)15-6-9-12(19)16-14(21)17-13(9)20/h1-6H,(H3,16,17,19,20,21). The Labute approximate surface area is 121 Å². The summed E-state index contributed by atoms with van der Waals surface area (Å²) in [5.41, 5.74) is -1.28. The molecule has 2 aromatic heterocycles. The SMILES string of the molecule is O=c1[nH]c(O)c(C=Nc2ccc3oc(=O)ccc3c2)c(=O)[nH]1. The van der Waals surface area contributed by atoms with Gasteiger partial charge in [0.15, 0.2) is 0 Å². The predicted molar refractivity (Wildman–Crippen MR) is 79.1 cm³/mol. The molecule has 0 aliphatic rings. The van der Waals surface area contributed by atoms with Gasteiger partial charge in [-0.1, -0.05) is 0 Å². The lowest BCUT2D eigenvalue weighted by Crippen LogP contribution is -2.24. The Morgan fingerprint density at radius 1 is 1.09 bits per heavy atom. The van der Waals surface area contributed by atoms with E-state index in [-0.39, 0.29) is 5.56 Å². The molecule has 0 unspecified atom stereocenters. The Balaban J connectivity index is 2.03. The van der Waals surface area contributed by atoms with Gasteiger partial charge in [-0.05, 0) is 24.3 Å². The maximum absolute atomic E-state index is 11.6. The first kappa shape index (κ1) is 13.6. The lowest BCUT2D eigenvalue weighted by atomic mass is 10.2. The first-order valence-electron chi connectivity index (χ1n) is 6.16. The van der Waals surface area contributed by atoms with Gasteiger partial charge in [-0.2, -0.15) is 0 Å². The van der Waals surface area contributed by atoms with Crippen LogP contribution < -0.4 is 16.9 Å². The number of rotatable bonds is 2. The number of hydrogen-bond donors (Lipinski definition) is 3. The van der Waals surface area contributed by atoms with Crippen molar-refractivity contribution in [1.29, 1.82) is 0 Å². The smallest absolute Gasteiger partial charge is 0.336 e. The van der Waals surface area contributed by atoms with Gasteiger partial charge in [0.2, 0.25) is 5.88 Å². The Bertz CT molecular complexity index is 1060. The normalized spacial score (nSPS) is 11.3. The molecular formula is C14H9N3O5. The number of aliphatic imine (C=N–C) groups is 1. The van der Waals surface area contributed by atoms with Crippen molar-refractivity contribution in [1.82, 2.24) is 9.97 Å². The second-order valence-corrected chi connectivity index (χ2v) is 4.41. The molecule has 0 aliphatic heterocycles. The average Bonchev–Trinajstić information content (AvgIpc) is 2.46. The molecule has 0 amide bonds. The molecule has 22 heavy (non-hydrogen) atoms. The lowest BCUT2D eigenvalue weighted by Gasteiger charge is -1.98. The third-order valence-electron chi connectivity index (χ3n) is 2.90. The number of nitrogens with one attached hydrogen (secondary N) is 2. The van der Waals surface area contributed by atoms with Crippen molar-refractivity contribution in [3.8, 4) is 5.88 Å². The van der Waals surface area contributed by atoms with Crippen molar-refractivity contribution in [2.24, 2.45) is 4.99 Å². The number of H-pyrrole nitrogens is 2. The molecule has 0 saturated carbocycles. The number of aromatic amines is 2. The molecule has 8 nitrogen and oxygen atoms in total. The number of hydrogen-bond acceptors (Lipinski definition) is 6. The van der Waals surface area contributed by atoms with E-state index in [4.69, 9.17) is 4.42 Å². The molecule has 3 rings (SSSR count). The van der Waals surface area contributed by atoms with Crippen LogP contribution >= 0.6 is 0 Å². The Morgan fingerprint density at radius 2 is 1.91 bits per heavy atom. The number of fused-ring (bicyclic) bond motifs is 1. The average molecular weight is 299 g/mol. The molecule has 2 heterocycles. The first-order chi connectivity index (χ1) is 10.5. The van der Waals surface area contributed by atoms with Gasteiger partial charge in [0, 0.05) is 17.7 Å². The van der Waals surface area contributed by atoms with Crippen LogP contribution in [0.1, 0.15) is 5.56 Å². The monoisotopic (exact) mass is 299 g/mol. The van der Waals surface area contributed by atoms with Crippen LogP contribution in [-0.4, -0.2) is 21.3 Å². The van der Waals surface area contributed by atoms with Crippen LogP contribution in [0.4, 0.5) is 5.69 Å². The third kappa shape index (κ3) is 2.57. The second-order valence-electron chi connectivity index (χ2n) is 4.41. The third-order valence-corrected chi connectivity index (χ3v) is 2.90. The second kappa shape index (κ2) is 5.17. The highest BCUT2D eigenvalue weighted by Gasteiger charge is 2.05. The molecular weight excluding hydrogens is 290 g/mol. The van der Waals surface area contributed by atoms with Gasteiger partial charge in [0.1, 0.15) is 11.1 Å². The van der Waals surface area contributed by atoms with Crippen LogP contribution in [0, 0.1) is 0 Å². The Morgan fingerprint density at radius 3 is 2.68 bits per heavy atom. The van der Waals surface area contributed by atoms with Crippen molar-refractivity contribution in [2.45, 2.75) is 0 Å². The summed E-state index contributed by atoms with van der Waals surface area (Å²) in [5, 5.41) is 10.2. The number of nitrogens with zero attached hydrogens (tertiary/aromatic N) is 1.